The molecule has 0 amide bonds. The number of methoxy groups -OCH3 is 1. The van der Waals surface area contributed by atoms with Crippen molar-refractivity contribution in [1.29, 1.82) is 0 Å². The molecule has 27 heavy (non-hydrogen) atoms. The SMILES string of the molecule is COC(=O)C1(C)[C@H](c2ccccc2)CCN1S(=O)(=O)c1cc(Cl)cc(Cl)c1. The normalized spacial score (nSPS) is 23.3. The van der Waals surface area contributed by atoms with Crippen molar-refractivity contribution in [3.8, 4) is 0 Å². The van der Waals surface area contributed by atoms with Gasteiger partial charge < -0.3 is 4.74 Å². The number of esters is 1. The zero-order chi connectivity index (χ0) is 19.8. The average Bonchev–Trinajstić information content (AvgIpc) is 3.00. The van der Waals surface area contributed by atoms with Crippen LogP contribution in [0.25, 0.3) is 0 Å². The maximum absolute atomic E-state index is 13.4. The fourth-order valence-electron chi connectivity index (χ4n) is 3.74. The molecule has 3 rings (SSSR count). The lowest BCUT2D eigenvalue weighted by molar-refractivity contribution is -0.150. The Bertz CT molecular complexity index is 945. The number of rotatable bonds is 4. The Kier molecular flexibility index (Phi) is 5.54. The van der Waals surface area contributed by atoms with Gasteiger partial charge in [-0.1, -0.05) is 53.5 Å². The summed E-state index contributed by atoms with van der Waals surface area (Å²) < 4.78 is 32.9. The first-order valence-electron chi connectivity index (χ1n) is 8.33. The van der Waals surface area contributed by atoms with Crippen LogP contribution in [0.5, 0.6) is 0 Å². The monoisotopic (exact) mass is 427 g/mol. The molecule has 1 unspecified atom stereocenters. The molecule has 1 fully saturated rings. The lowest BCUT2D eigenvalue weighted by Gasteiger charge is -2.36. The minimum atomic E-state index is -4.02. The van der Waals surface area contributed by atoms with Gasteiger partial charge in [-0.05, 0) is 37.1 Å². The zero-order valence-electron chi connectivity index (χ0n) is 14.9. The molecule has 0 aliphatic carbocycles. The van der Waals surface area contributed by atoms with Crippen molar-refractivity contribution in [1.82, 2.24) is 4.31 Å². The molecule has 0 spiro atoms. The van der Waals surface area contributed by atoms with Gasteiger partial charge in [-0.3, -0.25) is 4.79 Å². The molecule has 0 N–H and O–H groups in total. The highest BCUT2D eigenvalue weighted by Crippen LogP contribution is 2.45. The van der Waals surface area contributed by atoms with Crippen LogP contribution in [0.15, 0.2) is 53.4 Å². The molecule has 2 aromatic carbocycles. The van der Waals surface area contributed by atoms with Crippen molar-refractivity contribution in [2.24, 2.45) is 0 Å². The second-order valence-electron chi connectivity index (χ2n) is 6.57. The second kappa shape index (κ2) is 7.43. The number of sulfonamides is 1. The molecule has 1 saturated heterocycles. The molecule has 1 heterocycles. The van der Waals surface area contributed by atoms with E-state index >= 15 is 0 Å². The summed E-state index contributed by atoms with van der Waals surface area (Å²) in [4.78, 5) is 12.7. The summed E-state index contributed by atoms with van der Waals surface area (Å²) in [6.45, 7) is 1.78. The first-order valence-corrected chi connectivity index (χ1v) is 10.5. The van der Waals surface area contributed by atoms with Crippen molar-refractivity contribution in [3.05, 3.63) is 64.1 Å². The minimum Gasteiger partial charge on any atom is -0.468 e. The Morgan fingerprint density at radius 1 is 1.15 bits per heavy atom. The molecule has 1 aliphatic heterocycles. The molecule has 144 valence electrons. The Labute approximate surface area is 168 Å². The van der Waals surface area contributed by atoms with Gasteiger partial charge >= 0.3 is 5.97 Å². The zero-order valence-corrected chi connectivity index (χ0v) is 17.2. The fourth-order valence-corrected chi connectivity index (χ4v) is 6.24. The molecule has 0 aromatic heterocycles. The number of benzene rings is 2. The lowest BCUT2D eigenvalue weighted by atomic mass is 9.82. The van der Waals surface area contributed by atoms with Gasteiger partial charge in [0.2, 0.25) is 10.0 Å². The van der Waals surface area contributed by atoms with Crippen LogP contribution < -0.4 is 0 Å². The average molecular weight is 428 g/mol. The molecule has 2 aromatic rings. The standard InChI is InChI=1S/C19H19Cl2NO4S/c1-19(18(23)26-2)17(13-6-4-3-5-7-13)8-9-22(19)27(24,25)16-11-14(20)10-15(21)12-16/h3-7,10-12,17H,8-9H2,1-2H3/t17-,19?/m0/s1. The third kappa shape index (κ3) is 3.47. The van der Waals surface area contributed by atoms with Crippen LogP contribution in [0, 0.1) is 0 Å². The molecular formula is C19H19Cl2NO4S. The molecule has 5 nitrogen and oxygen atoms in total. The van der Waals surface area contributed by atoms with Gasteiger partial charge in [0.15, 0.2) is 0 Å². The van der Waals surface area contributed by atoms with Crippen LogP contribution in [0.4, 0.5) is 0 Å². The van der Waals surface area contributed by atoms with Crippen molar-refractivity contribution in [3.63, 3.8) is 0 Å². The fraction of sp³-hybridized carbons (Fsp3) is 0.316. The number of hydrogen-bond acceptors (Lipinski definition) is 4. The third-order valence-electron chi connectivity index (χ3n) is 5.04. The number of carbonyl (C=O) groups excluding carboxylic acids is 1. The predicted octanol–water partition coefficient (Wildman–Crippen LogP) is 4.10. The van der Waals surface area contributed by atoms with Gasteiger partial charge in [-0.15, -0.1) is 0 Å². The summed E-state index contributed by atoms with van der Waals surface area (Å²) in [5.41, 5.74) is -0.503. The number of halogens is 2. The van der Waals surface area contributed by atoms with E-state index in [9.17, 15) is 13.2 Å². The highest BCUT2D eigenvalue weighted by Gasteiger charge is 2.57. The minimum absolute atomic E-state index is 0.0520. The van der Waals surface area contributed by atoms with Crippen LogP contribution in [0.2, 0.25) is 10.0 Å². The van der Waals surface area contributed by atoms with E-state index in [1.165, 1.54) is 29.6 Å². The molecule has 0 saturated carbocycles. The highest BCUT2D eigenvalue weighted by molar-refractivity contribution is 7.89. The molecular weight excluding hydrogens is 409 g/mol. The van der Waals surface area contributed by atoms with E-state index in [0.29, 0.717) is 6.42 Å². The van der Waals surface area contributed by atoms with Crippen LogP contribution in [-0.4, -0.2) is 37.9 Å². The first-order chi connectivity index (χ1) is 12.7. The number of ether oxygens (including phenoxy) is 1. The topological polar surface area (TPSA) is 63.7 Å². The molecule has 0 radical (unpaired) electrons. The summed E-state index contributed by atoms with van der Waals surface area (Å²) in [6.07, 6.45) is 0.489. The largest absolute Gasteiger partial charge is 0.468 e. The van der Waals surface area contributed by atoms with Gasteiger partial charge in [-0.2, -0.15) is 4.31 Å². The van der Waals surface area contributed by atoms with Gasteiger partial charge in [-0.25, -0.2) is 8.42 Å². The molecule has 0 bridgehead atoms. The Morgan fingerprint density at radius 3 is 2.30 bits per heavy atom. The Balaban J connectivity index is 2.12. The molecule has 8 heteroatoms. The summed E-state index contributed by atoms with van der Waals surface area (Å²) >= 11 is 12.0. The first kappa shape index (κ1) is 20.1. The van der Waals surface area contributed by atoms with Crippen LogP contribution in [0.1, 0.15) is 24.8 Å². The van der Waals surface area contributed by atoms with Gasteiger partial charge in [0, 0.05) is 22.5 Å². The Morgan fingerprint density at radius 2 is 1.74 bits per heavy atom. The van der Waals surface area contributed by atoms with E-state index in [1.807, 2.05) is 30.3 Å². The number of nitrogens with zero attached hydrogens (tertiary/aromatic N) is 1. The second-order valence-corrected chi connectivity index (χ2v) is 9.31. The summed E-state index contributed by atoms with van der Waals surface area (Å²) in [5.74, 6) is -0.943. The van der Waals surface area contributed by atoms with Crippen molar-refractivity contribution >= 4 is 39.2 Å². The summed E-state index contributed by atoms with van der Waals surface area (Å²) in [6, 6.07) is 13.5. The van der Waals surface area contributed by atoms with E-state index in [0.717, 1.165) is 5.56 Å². The van der Waals surface area contributed by atoms with Gasteiger partial charge in [0.05, 0.1) is 12.0 Å². The number of hydrogen-bond donors (Lipinski definition) is 0. The van der Waals surface area contributed by atoms with Crippen molar-refractivity contribution < 1.29 is 17.9 Å². The van der Waals surface area contributed by atoms with Gasteiger partial charge in [0.25, 0.3) is 0 Å². The Hall–Kier alpha value is -1.60. The van der Waals surface area contributed by atoms with Crippen LogP contribution >= 0.6 is 23.2 Å². The lowest BCUT2D eigenvalue weighted by Crippen LogP contribution is -2.54. The van der Waals surface area contributed by atoms with E-state index in [4.69, 9.17) is 27.9 Å². The van der Waals surface area contributed by atoms with E-state index in [1.54, 1.807) is 6.92 Å². The van der Waals surface area contributed by atoms with Crippen molar-refractivity contribution in [2.45, 2.75) is 29.7 Å². The maximum atomic E-state index is 13.4. The quantitative estimate of drug-likeness (QED) is 0.688. The number of carbonyl (C=O) groups is 1. The summed E-state index contributed by atoms with van der Waals surface area (Å²) in [7, 11) is -2.76. The molecule has 2 atom stereocenters. The highest BCUT2D eigenvalue weighted by atomic mass is 35.5. The third-order valence-corrected chi connectivity index (χ3v) is 7.45. The molecule has 1 aliphatic rings. The van der Waals surface area contributed by atoms with E-state index in [-0.39, 0.29) is 27.4 Å². The van der Waals surface area contributed by atoms with E-state index < -0.39 is 21.5 Å². The predicted molar refractivity (Wildman–Crippen MR) is 105 cm³/mol. The van der Waals surface area contributed by atoms with Crippen LogP contribution in [0.3, 0.4) is 0 Å². The maximum Gasteiger partial charge on any atom is 0.327 e. The van der Waals surface area contributed by atoms with Crippen molar-refractivity contribution in [2.75, 3.05) is 13.7 Å². The van der Waals surface area contributed by atoms with E-state index in [2.05, 4.69) is 0 Å². The summed E-state index contributed by atoms with van der Waals surface area (Å²) in [5, 5.41) is 0.416. The van der Waals surface area contributed by atoms with Gasteiger partial charge in [0.1, 0.15) is 5.54 Å². The van der Waals surface area contributed by atoms with Crippen LogP contribution in [-0.2, 0) is 19.6 Å². The smallest absolute Gasteiger partial charge is 0.327 e.